The van der Waals surface area contributed by atoms with Gasteiger partial charge >= 0.3 is 5.97 Å². The van der Waals surface area contributed by atoms with E-state index in [0.29, 0.717) is 19.2 Å². The van der Waals surface area contributed by atoms with E-state index < -0.39 is 5.97 Å². The van der Waals surface area contributed by atoms with Gasteiger partial charge in [-0.2, -0.15) is 0 Å². The second-order valence-corrected chi connectivity index (χ2v) is 5.35. The molecule has 1 aliphatic carbocycles. The van der Waals surface area contributed by atoms with E-state index in [1.807, 2.05) is 12.5 Å². The summed E-state index contributed by atoms with van der Waals surface area (Å²) in [6, 6.07) is 0.633. The van der Waals surface area contributed by atoms with Gasteiger partial charge in [-0.1, -0.05) is 0 Å². The number of morpholine rings is 1. The largest absolute Gasteiger partial charge is 0.481 e. The van der Waals surface area contributed by atoms with Crippen molar-refractivity contribution in [2.75, 3.05) is 19.7 Å². The highest BCUT2D eigenvalue weighted by molar-refractivity contribution is 5.67. The van der Waals surface area contributed by atoms with Crippen LogP contribution < -0.4 is 0 Å². The van der Waals surface area contributed by atoms with Crippen LogP contribution in [0.2, 0.25) is 0 Å². The minimum atomic E-state index is -0.796. The molecule has 19 heavy (non-hydrogen) atoms. The number of carboxylic acid groups (broad SMARTS) is 1. The predicted octanol–water partition coefficient (Wildman–Crippen LogP) is 0.893. The van der Waals surface area contributed by atoms with E-state index in [4.69, 9.17) is 9.84 Å². The fraction of sp³-hybridized carbons (Fsp3) is 0.692. The first kappa shape index (κ1) is 12.6. The number of imidazole rings is 1. The third kappa shape index (κ3) is 3.13. The molecule has 1 aromatic heterocycles. The summed E-state index contributed by atoms with van der Waals surface area (Å²) in [5.74, 6) is -0.796. The maximum Gasteiger partial charge on any atom is 0.306 e. The fourth-order valence-corrected chi connectivity index (χ4v) is 2.61. The standard InChI is InChI=1S/C13H19N3O3/c17-13(18)5-12-8-15(3-4-19-12)7-11-6-14-9-16(11)10-1-2-10/h6,9-10,12H,1-5,7-8H2,(H,17,18). The number of rotatable bonds is 5. The summed E-state index contributed by atoms with van der Waals surface area (Å²) in [6.45, 7) is 2.97. The number of aliphatic carboxylic acids is 1. The number of hydrogen-bond donors (Lipinski definition) is 1. The topological polar surface area (TPSA) is 67.6 Å². The van der Waals surface area contributed by atoms with Crippen LogP contribution in [-0.2, 0) is 16.1 Å². The third-order valence-corrected chi connectivity index (χ3v) is 3.70. The van der Waals surface area contributed by atoms with Gasteiger partial charge in [0, 0.05) is 31.9 Å². The average Bonchev–Trinajstić information content (AvgIpc) is 3.10. The molecule has 1 aliphatic heterocycles. The molecule has 2 fully saturated rings. The number of carbonyl (C=O) groups is 1. The van der Waals surface area contributed by atoms with E-state index in [9.17, 15) is 4.79 Å². The predicted molar refractivity (Wildman–Crippen MR) is 67.8 cm³/mol. The second kappa shape index (κ2) is 5.30. The highest BCUT2D eigenvalue weighted by Gasteiger charge is 2.27. The Morgan fingerprint density at radius 3 is 3.11 bits per heavy atom. The molecule has 1 unspecified atom stereocenters. The van der Waals surface area contributed by atoms with Crippen LogP contribution in [0.5, 0.6) is 0 Å². The van der Waals surface area contributed by atoms with Gasteiger partial charge in [0.05, 0.1) is 31.2 Å². The first-order valence-corrected chi connectivity index (χ1v) is 6.79. The Kier molecular flexibility index (Phi) is 3.52. The van der Waals surface area contributed by atoms with E-state index >= 15 is 0 Å². The van der Waals surface area contributed by atoms with Gasteiger partial charge in [-0.3, -0.25) is 9.69 Å². The van der Waals surface area contributed by atoms with Crippen LogP contribution in [0.1, 0.15) is 31.0 Å². The summed E-state index contributed by atoms with van der Waals surface area (Å²) in [5.41, 5.74) is 1.22. The summed E-state index contributed by atoms with van der Waals surface area (Å²) >= 11 is 0. The molecule has 1 N–H and O–H groups in total. The zero-order valence-corrected chi connectivity index (χ0v) is 10.9. The number of nitrogens with zero attached hydrogens (tertiary/aromatic N) is 3. The minimum absolute atomic E-state index is 0.0817. The van der Waals surface area contributed by atoms with Crippen LogP contribution in [0.25, 0.3) is 0 Å². The SMILES string of the molecule is O=C(O)CC1CN(Cc2cncn2C2CC2)CCO1. The van der Waals surface area contributed by atoms with E-state index in [0.717, 1.165) is 13.1 Å². The summed E-state index contributed by atoms with van der Waals surface area (Å²) in [4.78, 5) is 17.2. The quantitative estimate of drug-likeness (QED) is 0.856. The van der Waals surface area contributed by atoms with Crippen molar-refractivity contribution in [1.82, 2.24) is 14.5 Å². The summed E-state index contributed by atoms with van der Waals surface area (Å²) in [6.07, 6.45) is 6.20. The molecule has 1 saturated heterocycles. The van der Waals surface area contributed by atoms with Crippen LogP contribution in [0, 0.1) is 0 Å². The molecule has 3 rings (SSSR count). The molecule has 1 atom stereocenters. The van der Waals surface area contributed by atoms with Gasteiger partial charge in [0.2, 0.25) is 0 Å². The van der Waals surface area contributed by atoms with Crippen molar-refractivity contribution in [3.05, 3.63) is 18.2 Å². The molecule has 6 nitrogen and oxygen atoms in total. The molecule has 0 aromatic carbocycles. The second-order valence-electron chi connectivity index (χ2n) is 5.35. The van der Waals surface area contributed by atoms with Gasteiger partial charge < -0.3 is 14.4 Å². The lowest BCUT2D eigenvalue weighted by Gasteiger charge is -2.32. The molecule has 6 heteroatoms. The maximum atomic E-state index is 10.7. The number of aromatic nitrogens is 2. The zero-order valence-electron chi connectivity index (χ0n) is 10.9. The zero-order chi connectivity index (χ0) is 13.2. The smallest absolute Gasteiger partial charge is 0.306 e. The number of carboxylic acids is 1. The van der Waals surface area contributed by atoms with Crippen molar-refractivity contribution >= 4 is 5.97 Å². The van der Waals surface area contributed by atoms with E-state index in [1.165, 1.54) is 18.5 Å². The number of hydrogen-bond acceptors (Lipinski definition) is 4. The Balaban J connectivity index is 1.59. The van der Waals surface area contributed by atoms with Gasteiger partial charge in [0.1, 0.15) is 0 Å². The van der Waals surface area contributed by atoms with Gasteiger partial charge in [-0.15, -0.1) is 0 Å². The first-order chi connectivity index (χ1) is 9.22. The van der Waals surface area contributed by atoms with Crippen LogP contribution in [-0.4, -0.2) is 51.3 Å². The lowest BCUT2D eigenvalue weighted by Crippen LogP contribution is -2.43. The van der Waals surface area contributed by atoms with Crippen molar-refractivity contribution in [2.45, 2.75) is 38.0 Å². The Bertz CT molecular complexity index is 456. The van der Waals surface area contributed by atoms with Gasteiger partial charge in [0.15, 0.2) is 0 Å². The van der Waals surface area contributed by atoms with E-state index in [2.05, 4.69) is 14.5 Å². The van der Waals surface area contributed by atoms with Gasteiger partial charge in [-0.05, 0) is 12.8 Å². The van der Waals surface area contributed by atoms with Gasteiger partial charge in [-0.25, -0.2) is 4.98 Å². The normalized spacial score (nSPS) is 24.5. The third-order valence-electron chi connectivity index (χ3n) is 3.70. The molecule has 1 saturated carbocycles. The molecule has 1 aromatic rings. The van der Waals surface area contributed by atoms with Crippen LogP contribution in [0.3, 0.4) is 0 Å². The highest BCUT2D eigenvalue weighted by Crippen LogP contribution is 2.35. The van der Waals surface area contributed by atoms with Crippen molar-refractivity contribution in [2.24, 2.45) is 0 Å². The van der Waals surface area contributed by atoms with E-state index in [1.54, 1.807) is 0 Å². The highest BCUT2D eigenvalue weighted by atomic mass is 16.5. The Morgan fingerprint density at radius 1 is 1.53 bits per heavy atom. The monoisotopic (exact) mass is 265 g/mol. The van der Waals surface area contributed by atoms with Crippen LogP contribution in [0.15, 0.2) is 12.5 Å². The lowest BCUT2D eigenvalue weighted by molar-refractivity contribution is -0.142. The molecule has 104 valence electrons. The first-order valence-electron chi connectivity index (χ1n) is 6.79. The van der Waals surface area contributed by atoms with Crippen molar-refractivity contribution < 1.29 is 14.6 Å². The fourth-order valence-electron chi connectivity index (χ4n) is 2.61. The van der Waals surface area contributed by atoms with Crippen molar-refractivity contribution in [3.8, 4) is 0 Å². The molecule has 0 radical (unpaired) electrons. The molecule has 0 spiro atoms. The van der Waals surface area contributed by atoms with E-state index in [-0.39, 0.29) is 12.5 Å². The summed E-state index contributed by atoms with van der Waals surface area (Å²) in [5, 5.41) is 8.82. The Morgan fingerprint density at radius 2 is 2.37 bits per heavy atom. The molecule has 2 aliphatic rings. The van der Waals surface area contributed by atoms with Crippen LogP contribution in [0.4, 0.5) is 0 Å². The molecule has 0 amide bonds. The Hall–Kier alpha value is -1.40. The molecular weight excluding hydrogens is 246 g/mol. The number of ether oxygens (including phenoxy) is 1. The average molecular weight is 265 g/mol. The summed E-state index contributed by atoms with van der Waals surface area (Å²) in [7, 11) is 0. The van der Waals surface area contributed by atoms with Gasteiger partial charge in [0.25, 0.3) is 0 Å². The molecule has 2 heterocycles. The minimum Gasteiger partial charge on any atom is -0.481 e. The maximum absolute atomic E-state index is 10.7. The lowest BCUT2D eigenvalue weighted by atomic mass is 10.2. The summed E-state index contributed by atoms with van der Waals surface area (Å²) < 4.78 is 7.73. The Labute approximate surface area is 112 Å². The van der Waals surface area contributed by atoms with Crippen molar-refractivity contribution in [1.29, 1.82) is 0 Å². The molecular formula is C13H19N3O3. The van der Waals surface area contributed by atoms with Crippen molar-refractivity contribution in [3.63, 3.8) is 0 Å². The molecule has 0 bridgehead atoms. The van der Waals surface area contributed by atoms with Crippen LogP contribution >= 0.6 is 0 Å².